The molecule has 94 valence electrons. The lowest BCUT2D eigenvalue weighted by Crippen LogP contribution is -2.19. The maximum atomic E-state index is 12.0. The molecule has 0 aromatic carbocycles. The molecule has 0 bridgehead atoms. The van der Waals surface area contributed by atoms with Crippen molar-refractivity contribution < 1.29 is 27.8 Å². The number of carbonyl (C=O) groups is 1. The Kier molecular flexibility index (Phi) is 4.42. The van der Waals surface area contributed by atoms with E-state index in [9.17, 15) is 18.0 Å². The number of aromatic nitrogens is 1. The summed E-state index contributed by atoms with van der Waals surface area (Å²) in [6.07, 6.45) is -4.93. The summed E-state index contributed by atoms with van der Waals surface area (Å²) in [5.74, 6) is -2.44. The highest BCUT2D eigenvalue weighted by Gasteiger charge is 2.32. The second kappa shape index (κ2) is 5.25. The first kappa shape index (κ1) is 14.3. The van der Waals surface area contributed by atoms with Crippen LogP contribution in [-0.4, -0.2) is 22.4 Å². The average molecular weight is 381 g/mol. The highest BCUT2D eigenvalue weighted by molar-refractivity contribution is 14.1. The Labute approximate surface area is 112 Å². The van der Waals surface area contributed by atoms with Crippen molar-refractivity contribution in [3.05, 3.63) is 20.9 Å². The number of ether oxygens (including phenoxy) is 1. The van der Waals surface area contributed by atoms with E-state index in [1.807, 2.05) is 0 Å². The monoisotopic (exact) mass is 381 g/mol. The lowest BCUT2D eigenvalue weighted by atomic mass is 10.2. The molecule has 4 nitrogen and oxygen atoms in total. The minimum atomic E-state index is -4.93. The lowest BCUT2D eigenvalue weighted by Gasteiger charge is -2.11. The summed E-state index contributed by atoms with van der Waals surface area (Å²) in [6.45, 7) is 0. The van der Waals surface area contributed by atoms with Crippen molar-refractivity contribution in [3.8, 4) is 5.88 Å². The molecule has 0 atom stereocenters. The maximum absolute atomic E-state index is 12.0. The van der Waals surface area contributed by atoms with Crippen LogP contribution in [0, 0.1) is 3.57 Å². The Bertz CT molecular complexity index is 452. The third kappa shape index (κ3) is 3.87. The summed E-state index contributed by atoms with van der Waals surface area (Å²) in [5.41, 5.74) is -0.318. The number of alkyl halides is 4. The van der Waals surface area contributed by atoms with Gasteiger partial charge in [0.05, 0.1) is 20.7 Å². The van der Waals surface area contributed by atoms with Crippen LogP contribution in [0.3, 0.4) is 0 Å². The van der Waals surface area contributed by atoms with Crippen LogP contribution in [0.1, 0.15) is 16.1 Å². The Balaban J connectivity index is 3.25. The van der Waals surface area contributed by atoms with Crippen molar-refractivity contribution in [1.82, 2.24) is 4.98 Å². The van der Waals surface area contributed by atoms with E-state index < -0.39 is 18.2 Å². The SMILES string of the molecule is O=C(O)c1cc(OC(F)(F)F)nc(CCl)c1I. The number of carboxylic acids is 1. The standard InChI is InChI=1S/C8H4ClF3INO3/c9-2-4-6(13)3(7(15)16)1-5(14-4)17-8(10,11)12/h1H,2H2,(H,15,16). The number of carboxylic acid groups (broad SMARTS) is 1. The average Bonchev–Trinajstić information content (AvgIpc) is 2.17. The minimum Gasteiger partial charge on any atom is -0.478 e. The summed E-state index contributed by atoms with van der Waals surface area (Å²) < 4.78 is 39.6. The molecule has 1 rings (SSSR count). The number of pyridine rings is 1. The van der Waals surface area contributed by atoms with E-state index in [0.29, 0.717) is 6.07 Å². The van der Waals surface area contributed by atoms with E-state index in [1.165, 1.54) is 0 Å². The summed E-state index contributed by atoms with van der Waals surface area (Å²) in [4.78, 5) is 14.3. The van der Waals surface area contributed by atoms with Crippen LogP contribution in [0.5, 0.6) is 5.88 Å². The summed E-state index contributed by atoms with van der Waals surface area (Å²) >= 11 is 7.10. The van der Waals surface area contributed by atoms with Gasteiger partial charge in [0.15, 0.2) is 0 Å². The van der Waals surface area contributed by atoms with Gasteiger partial charge in [-0.3, -0.25) is 0 Å². The fourth-order valence-corrected chi connectivity index (χ4v) is 2.09. The first-order valence-corrected chi connectivity index (χ1v) is 5.60. The van der Waals surface area contributed by atoms with Crippen molar-refractivity contribution in [1.29, 1.82) is 0 Å². The van der Waals surface area contributed by atoms with Gasteiger partial charge in [0.25, 0.3) is 0 Å². The molecule has 0 fully saturated rings. The molecule has 0 spiro atoms. The third-order valence-electron chi connectivity index (χ3n) is 1.58. The van der Waals surface area contributed by atoms with Gasteiger partial charge in [-0.2, -0.15) is 0 Å². The highest BCUT2D eigenvalue weighted by atomic mass is 127. The predicted octanol–water partition coefficient (Wildman–Crippen LogP) is 3.02. The van der Waals surface area contributed by atoms with Gasteiger partial charge in [-0.1, -0.05) is 0 Å². The van der Waals surface area contributed by atoms with Crippen LogP contribution in [0.15, 0.2) is 6.07 Å². The van der Waals surface area contributed by atoms with Crippen molar-refractivity contribution in [2.24, 2.45) is 0 Å². The van der Waals surface area contributed by atoms with Crippen molar-refractivity contribution >= 4 is 40.2 Å². The van der Waals surface area contributed by atoms with Crippen LogP contribution < -0.4 is 4.74 Å². The van der Waals surface area contributed by atoms with Crippen LogP contribution in [0.2, 0.25) is 0 Å². The van der Waals surface area contributed by atoms with E-state index in [1.54, 1.807) is 22.6 Å². The summed E-state index contributed by atoms with van der Waals surface area (Å²) in [7, 11) is 0. The maximum Gasteiger partial charge on any atom is 0.574 e. The number of halogens is 5. The zero-order chi connectivity index (χ0) is 13.2. The number of rotatable bonds is 3. The van der Waals surface area contributed by atoms with Crippen LogP contribution >= 0.6 is 34.2 Å². The number of hydrogen-bond donors (Lipinski definition) is 1. The fraction of sp³-hybridized carbons (Fsp3) is 0.250. The van der Waals surface area contributed by atoms with Gasteiger partial charge in [0.1, 0.15) is 0 Å². The number of nitrogens with zero attached hydrogens (tertiary/aromatic N) is 1. The number of hydrogen-bond acceptors (Lipinski definition) is 3. The Morgan fingerprint density at radius 2 is 2.18 bits per heavy atom. The Morgan fingerprint density at radius 3 is 2.59 bits per heavy atom. The van der Waals surface area contributed by atoms with Crippen molar-refractivity contribution in [2.45, 2.75) is 12.2 Å². The second-order valence-electron chi connectivity index (χ2n) is 2.76. The molecule has 1 aromatic rings. The molecule has 0 amide bonds. The first-order valence-electron chi connectivity index (χ1n) is 3.99. The van der Waals surface area contributed by atoms with E-state index in [-0.39, 0.29) is 20.7 Å². The van der Waals surface area contributed by atoms with Crippen molar-refractivity contribution in [2.75, 3.05) is 0 Å². The molecular formula is C8H4ClF3INO3. The highest BCUT2D eigenvalue weighted by Crippen LogP contribution is 2.26. The molecule has 0 unspecified atom stereocenters. The zero-order valence-electron chi connectivity index (χ0n) is 7.89. The molecule has 0 saturated carbocycles. The van der Waals surface area contributed by atoms with Gasteiger partial charge in [-0.15, -0.1) is 24.8 Å². The van der Waals surface area contributed by atoms with E-state index in [0.717, 1.165) is 0 Å². The van der Waals surface area contributed by atoms with E-state index in [4.69, 9.17) is 16.7 Å². The Morgan fingerprint density at radius 1 is 1.59 bits per heavy atom. The second-order valence-corrected chi connectivity index (χ2v) is 4.10. The van der Waals surface area contributed by atoms with Crippen LogP contribution in [-0.2, 0) is 5.88 Å². The molecule has 0 saturated heterocycles. The molecule has 0 radical (unpaired) electrons. The molecule has 9 heteroatoms. The quantitative estimate of drug-likeness (QED) is 0.646. The molecular weight excluding hydrogens is 377 g/mol. The topological polar surface area (TPSA) is 59.4 Å². The third-order valence-corrected chi connectivity index (χ3v) is 3.04. The fourth-order valence-electron chi connectivity index (χ4n) is 0.972. The smallest absolute Gasteiger partial charge is 0.478 e. The predicted molar refractivity (Wildman–Crippen MR) is 60.2 cm³/mol. The van der Waals surface area contributed by atoms with Gasteiger partial charge in [0, 0.05) is 6.07 Å². The van der Waals surface area contributed by atoms with Crippen molar-refractivity contribution in [3.63, 3.8) is 0 Å². The molecule has 1 N–H and O–H groups in total. The molecule has 1 aromatic heterocycles. The van der Waals surface area contributed by atoms with Gasteiger partial charge < -0.3 is 9.84 Å². The van der Waals surface area contributed by atoms with E-state index >= 15 is 0 Å². The molecule has 0 aliphatic carbocycles. The van der Waals surface area contributed by atoms with Gasteiger partial charge in [-0.25, -0.2) is 9.78 Å². The van der Waals surface area contributed by atoms with Gasteiger partial charge in [0.2, 0.25) is 5.88 Å². The lowest BCUT2D eigenvalue weighted by molar-refractivity contribution is -0.276. The summed E-state index contributed by atoms with van der Waals surface area (Å²) in [6, 6.07) is 0.702. The molecule has 17 heavy (non-hydrogen) atoms. The largest absolute Gasteiger partial charge is 0.574 e. The minimum absolute atomic E-state index is 0.0198. The first-order chi connectivity index (χ1) is 7.74. The van der Waals surface area contributed by atoms with Crippen LogP contribution in [0.4, 0.5) is 13.2 Å². The normalized spacial score (nSPS) is 11.4. The molecule has 1 heterocycles. The van der Waals surface area contributed by atoms with Gasteiger partial charge in [-0.05, 0) is 22.6 Å². The summed E-state index contributed by atoms with van der Waals surface area (Å²) in [5, 5.41) is 8.80. The number of aromatic carboxylic acids is 1. The van der Waals surface area contributed by atoms with Gasteiger partial charge >= 0.3 is 12.3 Å². The Hall–Kier alpha value is -0.770. The zero-order valence-corrected chi connectivity index (χ0v) is 10.8. The molecule has 0 aliphatic heterocycles. The molecule has 0 aliphatic rings. The van der Waals surface area contributed by atoms with Crippen LogP contribution in [0.25, 0.3) is 0 Å². The van der Waals surface area contributed by atoms with E-state index in [2.05, 4.69) is 9.72 Å².